The van der Waals surface area contributed by atoms with Crippen LogP contribution in [-0.2, 0) is 0 Å². The van der Waals surface area contributed by atoms with Gasteiger partial charge >= 0.3 is 6.09 Å². The van der Waals surface area contributed by atoms with Crippen LogP contribution < -0.4 is 5.56 Å². The van der Waals surface area contributed by atoms with Crippen molar-refractivity contribution in [2.24, 2.45) is 0 Å². The first-order valence-electron chi connectivity index (χ1n) is 8.44. The summed E-state index contributed by atoms with van der Waals surface area (Å²) in [5.74, 6) is -0.244. The van der Waals surface area contributed by atoms with Crippen molar-refractivity contribution in [3.05, 3.63) is 69.5 Å². The summed E-state index contributed by atoms with van der Waals surface area (Å²) in [5, 5.41) is 9.96. The van der Waals surface area contributed by atoms with Crippen molar-refractivity contribution in [2.45, 2.75) is 18.9 Å². The molecule has 1 aromatic heterocycles. The standard InChI is InChI=1S/C19H15ClFN3O3/c20-13-6-2-7-14-16(13)18(25)24(12-5-1-4-11(21)10-12)17(22-14)15-8-3-9-23(15)19(26)27/h1-2,4-7,10,15H,3,8-9H2,(H,26,27)/t15-/m0/s1. The molecule has 1 fully saturated rings. The Bertz CT molecular complexity index is 1120. The Labute approximate surface area is 158 Å². The zero-order valence-corrected chi connectivity index (χ0v) is 14.9. The van der Waals surface area contributed by atoms with E-state index in [-0.39, 0.29) is 21.9 Å². The van der Waals surface area contributed by atoms with E-state index in [1.807, 2.05) is 0 Å². The molecule has 0 spiro atoms. The number of aromatic nitrogens is 2. The molecule has 6 nitrogen and oxygen atoms in total. The summed E-state index contributed by atoms with van der Waals surface area (Å²) in [7, 11) is 0. The van der Waals surface area contributed by atoms with Gasteiger partial charge in [0.05, 0.1) is 27.7 Å². The highest BCUT2D eigenvalue weighted by Crippen LogP contribution is 2.33. The molecular weight excluding hydrogens is 373 g/mol. The predicted molar refractivity (Wildman–Crippen MR) is 99.0 cm³/mol. The molecule has 8 heteroatoms. The van der Waals surface area contributed by atoms with Crippen molar-refractivity contribution in [1.82, 2.24) is 14.5 Å². The fourth-order valence-electron chi connectivity index (χ4n) is 3.56. The fraction of sp³-hybridized carbons (Fsp3) is 0.211. The van der Waals surface area contributed by atoms with Crippen LogP contribution in [-0.4, -0.2) is 32.2 Å². The average molecular weight is 388 g/mol. The van der Waals surface area contributed by atoms with E-state index in [1.165, 1.54) is 27.7 Å². The Morgan fingerprint density at radius 1 is 1.26 bits per heavy atom. The maximum atomic E-state index is 13.8. The Hall–Kier alpha value is -2.93. The number of halogens is 2. The van der Waals surface area contributed by atoms with Crippen LogP contribution in [0.1, 0.15) is 24.7 Å². The molecule has 2 aromatic carbocycles. The summed E-state index contributed by atoms with van der Waals surface area (Å²) in [6, 6.07) is 9.88. The van der Waals surface area contributed by atoms with Crippen LogP contribution >= 0.6 is 11.6 Å². The second-order valence-electron chi connectivity index (χ2n) is 6.36. The smallest absolute Gasteiger partial charge is 0.407 e. The minimum atomic E-state index is -1.08. The van der Waals surface area contributed by atoms with E-state index >= 15 is 0 Å². The number of hydrogen-bond donors (Lipinski definition) is 1. The Balaban J connectivity index is 2.06. The van der Waals surface area contributed by atoms with Gasteiger partial charge in [-0.2, -0.15) is 0 Å². The van der Waals surface area contributed by atoms with E-state index in [9.17, 15) is 19.1 Å². The van der Waals surface area contributed by atoms with Crippen LogP contribution in [0.25, 0.3) is 16.6 Å². The van der Waals surface area contributed by atoms with E-state index in [0.717, 1.165) is 0 Å². The molecule has 0 bridgehead atoms. The van der Waals surface area contributed by atoms with Crippen molar-refractivity contribution in [3.8, 4) is 5.69 Å². The third-order valence-corrected chi connectivity index (χ3v) is 5.05. The molecule has 0 aliphatic carbocycles. The fourth-order valence-corrected chi connectivity index (χ4v) is 3.81. The van der Waals surface area contributed by atoms with Gasteiger partial charge in [0.15, 0.2) is 0 Å². The highest BCUT2D eigenvalue weighted by molar-refractivity contribution is 6.35. The van der Waals surface area contributed by atoms with E-state index in [0.29, 0.717) is 24.9 Å². The molecule has 1 atom stereocenters. The molecule has 1 aliphatic rings. The van der Waals surface area contributed by atoms with Crippen molar-refractivity contribution in [2.75, 3.05) is 6.54 Å². The molecule has 2 heterocycles. The maximum absolute atomic E-state index is 13.8. The van der Waals surface area contributed by atoms with Gasteiger partial charge in [0.2, 0.25) is 0 Å². The summed E-state index contributed by atoms with van der Waals surface area (Å²) in [6.45, 7) is 0.354. The minimum absolute atomic E-state index is 0.215. The number of nitrogens with zero attached hydrogens (tertiary/aromatic N) is 3. The molecule has 27 heavy (non-hydrogen) atoms. The molecule has 0 saturated carbocycles. The van der Waals surface area contributed by atoms with Gasteiger partial charge in [-0.05, 0) is 43.2 Å². The van der Waals surface area contributed by atoms with Crippen LogP contribution in [0, 0.1) is 5.82 Å². The van der Waals surface area contributed by atoms with Gasteiger partial charge in [0.25, 0.3) is 5.56 Å². The Morgan fingerprint density at radius 2 is 2.04 bits per heavy atom. The first-order valence-corrected chi connectivity index (χ1v) is 8.82. The van der Waals surface area contributed by atoms with Crippen molar-refractivity contribution in [1.29, 1.82) is 0 Å². The molecule has 4 rings (SSSR count). The molecular formula is C19H15ClFN3O3. The van der Waals surface area contributed by atoms with Crippen LogP contribution in [0.15, 0.2) is 47.3 Å². The molecule has 1 N–H and O–H groups in total. The number of hydrogen-bond acceptors (Lipinski definition) is 3. The van der Waals surface area contributed by atoms with Gasteiger partial charge in [0, 0.05) is 6.54 Å². The predicted octanol–water partition coefficient (Wildman–Crippen LogP) is 3.99. The first-order chi connectivity index (χ1) is 13.0. The molecule has 0 unspecified atom stereocenters. The SMILES string of the molecule is O=C(O)N1CCC[C@H]1c1nc2cccc(Cl)c2c(=O)n1-c1cccc(F)c1. The monoisotopic (exact) mass is 387 g/mol. The number of amides is 1. The van der Waals surface area contributed by atoms with E-state index in [1.54, 1.807) is 24.3 Å². The third-order valence-electron chi connectivity index (χ3n) is 4.74. The van der Waals surface area contributed by atoms with Crippen molar-refractivity contribution >= 4 is 28.6 Å². The van der Waals surface area contributed by atoms with E-state index in [2.05, 4.69) is 4.98 Å². The Morgan fingerprint density at radius 3 is 2.78 bits per heavy atom. The van der Waals surface area contributed by atoms with Crippen LogP contribution in [0.2, 0.25) is 5.02 Å². The average Bonchev–Trinajstić information content (AvgIpc) is 3.11. The van der Waals surface area contributed by atoms with Crippen molar-refractivity contribution < 1.29 is 14.3 Å². The molecule has 1 saturated heterocycles. The van der Waals surface area contributed by atoms with Crippen LogP contribution in [0.4, 0.5) is 9.18 Å². The van der Waals surface area contributed by atoms with Crippen molar-refractivity contribution in [3.63, 3.8) is 0 Å². The lowest BCUT2D eigenvalue weighted by Crippen LogP contribution is -2.34. The summed E-state index contributed by atoms with van der Waals surface area (Å²) in [4.78, 5) is 30.7. The zero-order valence-electron chi connectivity index (χ0n) is 14.1. The minimum Gasteiger partial charge on any atom is -0.465 e. The number of benzene rings is 2. The number of rotatable bonds is 2. The Kier molecular flexibility index (Phi) is 4.31. The number of carboxylic acid groups (broad SMARTS) is 1. The second kappa shape index (κ2) is 6.66. The summed E-state index contributed by atoms with van der Waals surface area (Å²) < 4.78 is 15.1. The summed E-state index contributed by atoms with van der Waals surface area (Å²) in [6.07, 6.45) is 0.104. The largest absolute Gasteiger partial charge is 0.465 e. The highest BCUT2D eigenvalue weighted by Gasteiger charge is 2.34. The highest BCUT2D eigenvalue weighted by atomic mass is 35.5. The number of fused-ring (bicyclic) bond motifs is 1. The van der Waals surface area contributed by atoms with Crippen LogP contribution in [0.5, 0.6) is 0 Å². The van der Waals surface area contributed by atoms with Gasteiger partial charge in [-0.3, -0.25) is 14.3 Å². The molecule has 3 aromatic rings. The zero-order chi connectivity index (χ0) is 19.1. The second-order valence-corrected chi connectivity index (χ2v) is 6.77. The molecule has 0 radical (unpaired) electrons. The van der Waals surface area contributed by atoms with E-state index in [4.69, 9.17) is 11.6 Å². The van der Waals surface area contributed by atoms with Crippen LogP contribution in [0.3, 0.4) is 0 Å². The summed E-state index contributed by atoms with van der Waals surface area (Å²) in [5.41, 5.74) is 0.206. The quantitative estimate of drug-likeness (QED) is 0.721. The number of carbonyl (C=O) groups is 1. The van der Waals surface area contributed by atoms with Gasteiger partial charge < -0.3 is 5.11 Å². The van der Waals surface area contributed by atoms with Gasteiger partial charge in [-0.1, -0.05) is 23.7 Å². The topological polar surface area (TPSA) is 75.4 Å². The first kappa shape index (κ1) is 17.5. The normalized spacial score (nSPS) is 16.8. The molecule has 1 amide bonds. The van der Waals surface area contributed by atoms with E-state index < -0.39 is 23.5 Å². The van der Waals surface area contributed by atoms with Gasteiger partial charge in [-0.25, -0.2) is 14.2 Å². The lowest BCUT2D eigenvalue weighted by Gasteiger charge is -2.24. The lowest BCUT2D eigenvalue weighted by atomic mass is 10.1. The lowest BCUT2D eigenvalue weighted by molar-refractivity contribution is 0.138. The maximum Gasteiger partial charge on any atom is 0.407 e. The molecule has 138 valence electrons. The number of likely N-dealkylation sites (tertiary alicyclic amines) is 1. The summed E-state index contributed by atoms with van der Waals surface area (Å²) >= 11 is 6.21. The van der Waals surface area contributed by atoms with Gasteiger partial charge in [-0.15, -0.1) is 0 Å². The van der Waals surface area contributed by atoms with Gasteiger partial charge in [0.1, 0.15) is 11.6 Å². The molecule has 1 aliphatic heterocycles. The third kappa shape index (κ3) is 2.94.